The Balaban J connectivity index is 2.09. The van der Waals surface area contributed by atoms with E-state index in [0.717, 1.165) is 5.56 Å². The van der Waals surface area contributed by atoms with Crippen molar-refractivity contribution in [1.82, 2.24) is 9.21 Å². The molecule has 2 N–H and O–H groups in total. The van der Waals surface area contributed by atoms with Gasteiger partial charge >= 0.3 is 0 Å². The monoisotopic (exact) mass is 311 g/mol. The lowest BCUT2D eigenvalue weighted by Crippen LogP contribution is -2.55. The standard InChI is InChI=1S/C14H21N3O3S/c1-14(2,12-6-4-3-5-7-12)13(18)16-8-10-17(11-9-16)21(15,19)20/h3-7H,8-11H2,1-2H3,(H2,15,19,20). The molecule has 21 heavy (non-hydrogen) atoms. The van der Waals surface area contributed by atoms with Gasteiger partial charge in [0.05, 0.1) is 5.41 Å². The molecule has 7 heteroatoms. The number of hydrogen-bond acceptors (Lipinski definition) is 3. The SMILES string of the molecule is CC(C)(C(=O)N1CCN(S(N)(=O)=O)CC1)c1ccccc1. The van der Waals surface area contributed by atoms with E-state index in [9.17, 15) is 13.2 Å². The summed E-state index contributed by atoms with van der Waals surface area (Å²) in [4.78, 5) is 14.4. The van der Waals surface area contributed by atoms with E-state index >= 15 is 0 Å². The van der Waals surface area contributed by atoms with E-state index in [0.29, 0.717) is 13.1 Å². The topological polar surface area (TPSA) is 83.7 Å². The first kappa shape index (κ1) is 15.9. The molecule has 1 aliphatic rings. The van der Waals surface area contributed by atoms with Crippen LogP contribution in [0.3, 0.4) is 0 Å². The number of amides is 1. The van der Waals surface area contributed by atoms with Crippen LogP contribution in [0.25, 0.3) is 0 Å². The fourth-order valence-corrected chi connectivity index (χ4v) is 3.19. The molecule has 1 aliphatic heterocycles. The summed E-state index contributed by atoms with van der Waals surface area (Å²) in [5.41, 5.74) is 0.314. The first-order chi connectivity index (χ1) is 9.73. The van der Waals surface area contributed by atoms with Crippen LogP contribution >= 0.6 is 0 Å². The van der Waals surface area contributed by atoms with Gasteiger partial charge in [0.1, 0.15) is 0 Å². The zero-order valence-corrected chi connectivity index (χ0v) is 13.1. The minimum Gasteiger partial charge on any atom is -0.339 e. The van der Waals surface area contributed by atoms with Gasteiger partial charge in [-0.05, 0) is 19.4 Å². The highest BCUT2D eigenvalue weighted by molar-refractivity contribution is 7.86. The van der Waals surface area contributed by atoms with E-state index < -0.39 is 15.6 Å². The van der Waals surface area contributed by atoms with Crippen molar-refractivity contribution in [2.24, 2.45) is 5.14 Å². The molecule has 2 rings (SSSR count). The van der Waals surface area contributed by atoms with E-state index in [1.165, 1.54) is 4.31 Å². The third-order valence-electron chi connectivity index (χ3n) is 3.92. The molecule has 0 atom stereocenters. The van der Waals surface area contributed by atoms with Gasteiger partial charge in [-0.25, -0.2) is 5.14 Å². The molecule has 1 aromatic rings. The van der Waals surface area contributed by atoms with E-state index in [2.05, 4.69) is 0 Å². The number of nitrogens with zero attached hydrogens (tertiary/aromatic N) is 2. The average molecular weight is 311 g/mol. The van der Waals surface area contributed by atoms with Crippen molar-refractivity contribution in [2.45, 2.75) is 19.3 Å². The molecule has 1 fully saturated rings. The summed E-state index contributed by atoms with van der Waals surface area (Å²) < 4.78 is 23.8. The molecule has 1 aromatic carbocycles. The van der Waals surface area contributed by atoms with Crippen LogP contribution in [-0.4, -0.2) is 49.7 Å². The maximum atomic E-state index is 12.7. The van der Waals surface area contributed by atoms with Crippen LogP contribution in [0.4, 0.5) is 0 Å². The van der Waals surface area contributed by atoms with Crippen molar-refractivity contribution in [3.63, 3.8) is 0 Å². The number of rotatable bonds is 3. The molecule has 0 saturated carbocycles. The lowest BCUT2D eigenvalue weighted by Gasteiger charge is -2.37. The number of carbonyl (C=O) groups is 1. The maximum absolute atomic E-state index is 12.7. The van der Waals surface area contributed by atoms with Gasteiger partial charge in [0, 0.05) is 26.2 Å². The van der Waals surface area contributed by atoms with Crippen molar-refractivity contribution in [3.05, 3.63) is 35.9 Å². The molecule has 6 nitrogen and oxygen atoms in total. The molecular weight excluding hydrogens is 290 g/mol. The van der Waals surface area contributed by atoms with Gasteiger partial charge in [0.2, 0.25) is 5.91 Å². The second-order valence-corrected chi connectivity index (χ2v) is 7.27. The summed E-state index contributed by atoms with van der Waals surface area (Å²) in [5, 5.41) is 5.10. The first-order valence-electron chi connectivity index (χ1n) is 6.85. The summed E-state index contributed by atoms with van der Waals surface area (Å²) >= 11 is 0. The van der Waals surface area contributed by atoms with Gasteiger partial charge in [0.25, 0.3) is 10.2 Å². The number of hydrogen-bond donors (Lipinski definition) is 1. The van der Waals surface area contributed by atoms with Crippen molar-refractivity contribution in [2.75, 3.05) is 26.2 Å². The number of piperazine rings is 1. The van der Waals surface area contributed by atoms with Crippen molar-refractivity contribution < 1.29 is 13.2 Å². The van der Waals surface area contributed by atoms with Crippen molar-refractivity contribution >= 4 is 16.1 Å². The van der Waals surface area contributed by atoms with Crippen LogP contribution < -0.4 is 5.14 Å². The van der Waals surface area contributed by atoms with Crippen molar-refractivity contribution in [3.8, 4) is 0 Å². The lowest BCUT2D eigenvalue weighted by molar-refractivity contribution is -0.137. The molecule has 1 saturated heterocycles. The van der Waals surface area contributed by atoms with Crippen LogP contribution in [-0.2, 0) is 20.4 Å². The van der Waals surface area contributed by atoms with Crippen LogP contribution in [0.1, 0.15) is 19.4 Å². The molecule has 0 spiro atoms. The second-order valence-electron chi connectivity index (χ2n) is 5.73. The zero-order chi connectivity index (χ0) is 15.7. The Morgan fingerprint density at radius 3 is 2.10 bits per heavy atom. The molecule has 116 valence electrons. The Kier molecular flexibility index (Phi) is 4.36. The fourth-order valence-electron chi connectivity index (χ4n) is 2.52. The van der Waals surface area contributed by atoms with Crippen molar-refractivity contribution in [1.29, 1.82) is 0 Å². The van der Waals surface area contributed by atoms with Crippen LogP contribution in [0, 0.1) is 0 Å². The molecule has 1 heterocycles. The number of nitrogens with two attached hydrogens (primary N) is 1. The maximum Gasteiger partial charge on any atom is 0.277 e. The predicted molar refractivity (Wildman–Crippen MR) is 80.7 cm³/mol. The van der Waals surface area contributed by atoms with E-state index in [1.54, 1.807) is 4.90 Å². The third kappa shape index (κ3) is 3.42. The molecule has 0 aromatic heterocycles. The third-order valence-corrected chi connectivity index (χ3v) is 5.00. The summed E-state index contributed by atoms with van der Waals surface area (Å²) in [6.45, 7) is 5.00. The second kappa shape index (κ2) is 5.75. The normalized spacial score (nSPS) is 17.8. The van der Waals surface area contributed by atoms with Crippen LogP contribution in [0.5, 0.6) is 0 Å². The molecule has 0 bridgehead atoms. The quantitative estimate of drug-likeness (QED) is 0.872. The smallest absolute Gasteiger partial charge is 0.277 e. The van der Waals surface area contributed by atoms with Crippen LogP contribution in [0.2, 0.25) is 0 Å². The molecule has 1 amide bonds. The minimum absolute atomic E-state index is 0.00256. The Bertz CT molecular complexity index is 606. The number of benzene rings is 1. The summed E-state index contributed by atoms with van der Waals surface area (Å²) in [7, 11) is -3.67. The summed E-state index contributed by atoms with van der Waals surface area (Å²) in [6, 6.07) is 9.58. The first-order valence-corrected chi connectivity index (χ1v) is 8.36. The molecular formula is C14H21N3O3S. The minimum atomic E-state index is -3.67. The summed E-state index contributed by atoms with van der Waals surface area (Å²) in [5.74, 6) is 0.00256. The Morgan fingerprint density at radius 1 is 1.10 bits per heavy atom. The van der Waals surface area contributed by atoms with Gasteiger partial charge in [-0.15, -0.1) is 0 Å². The average Bonchev–Trinajstić information content (AvgIpc) is 2.46. The van der Waals surface area contributed by atoms with Gasteiger partial charge in [-0.3, -0.25) is 4.79 Å². The predicted octanol–water partition coefficient (Wildman–Crippen LogP) is 0.312. The van der Waals surface area contributed by atoms with E-state index in [4.69, 9.17) is 5.14 Å². The van der Waals surface area contributed by atoms with E-state index in [-0.39, 0.29) is 19.0 Å². The largest absolute Gasteiger partial charge is 0.339 e. The van der Waals surface area contributed by atoms with Gasteiger partial charge < -0.3 is 4.90 Å². The van der Waals surface area contributed by atoms with Gasteiger partial charge in [-0.2, -0.15) is 12.7 Å². The van der Waals surface area contributed by atoms with E-state index in [1.807, 2.05) is 44.2 Å². The molecule has 0 aliphatic carbocycles. The Morgan fingerprint density at radius 2 is 1.62 bits per heavy atom. The highest BCUT2D eigenvalue weighted by Crippen LogP contribution is 2.26. The molecule has 0 radical (unpaired) electrons. The molecule has 0 unspecified atom stereocenters. The summed E-state index contributed by atoms with van der Waals surface area (Å²) in [6.07, 6.45) is 0. The number of carbonyl (C=O) groups excluding carboxylic acids is 1. The van der Waals surface area contributed by atoms with Crippen LogP contribution in [0.15, 0.2) is 30.3 Å². The Labute approximate surface area is 125 Å². The highest BCUT2D eigenvalue weighted by atomic mass is 32.2. The zero-order valence-electron chi connectivity index (χ0n) is 12.3. The fraction of sp³-hybridized carbons (Fsp3) is 0.500. The lowest BCUT2D eigenvalue weighted by atomic mass is 9.83. The van der Waals surface area contributed by atoms with Gasteiger partial charge in [-0.1, -0.05) is 30.3 Å². The highest BCUT2D eigenvalue weighted by Gasteiger charge is 2.36. The van der Waals surface area contributed by atoms with Gasteiger partial charge in [0.15, 0.2) is 0 Å². The Hall–Kier alpha value is -1.44.